The monoisotopic (exact) mass is 285 g/mol. The van der Waals surface area contributed by atoms with Gasteiger partial charge in [-0.25, -0.2) is 4.79 Å². The fraction of sp³-hybridized carbons (Fsp3) is 0.412. The molecule has 110 valence electrons. The lowest BCUT2D eigenvalue weighted by atomic mass is 9.88. The third-order valence-electron chi connectivity index (χ3n) is 4.31. The number of hydrogen-bond acceptors (Lipinski definition) is 3. The van der Waals surface area contributed by atoms with Crippen molar-refractivity contribution in [1.29, 1.82) is 0 Å². The predicted octanol–water partition coefficient (Wildman–Crippen LogP) is 3.65. The summed E-state index contributed by atoms with van der Waals surface area (Å²) < 4.78 is 6.46. The molecule has 4 heteroatoms. The Morgan fingerprint density at radius 1 is 1.14 bits per heavy atom. The Labute approximate surface area is 123 Å². The van der Waals surface area contributed by atoms with Gasteiger partial charge in [0.25, 0.3) is 0 Å². The van der Waals surface area contributed by atoms with Gasteiger partial charge in [0.15, 0.2) is 0 Å². The van der Waals surface area contributed by atoms with Crippen molar-refractivity contribution in [2.24, 2.45) is 5.92 Å². The predicted molar refractivity (Wildman–Crippen MR) is 80.5 cm³/mol. The van der Waals surface area contributed by atoms with Gasteiger partial charge in [0.05, 0.1) is 18.2 Å². The summed E-state index contributed by atoms with van der Waals surface area (Å²) in [6.07, 6.45) is 6.95. The first-order valence-corrected chi connectivity index (χ1v) is 7.45. The average molecular weight is 285 g/mol. The van der Waals surface area contributed by atoms with E-state index >= 15 is 0 Å². The summed E-state index contributed by atoms with van der Waals surface area (Å²) in [5.41, 5.74) is 1.24. The number of hydrogen-bond donors (Lipinski definition) is 0. The van der Waals surface area contributed by atoms with Gasteiger partial charge in [0, 0.05) is 17.5 Å². The Balaban J connectivity index is 2.05. The van der Waals surface area contributed by atoms with Crippen molar-refractivity contribution in [2.45, 2.75) is 32.1 Å². The van der Waals surface area contributed by atoms with E-state index in [1.807, 2.05) is 24.3 Å². The van der Waals surface area contributed by atoms with E-state index in [0.717, 1.165) is 36.6 Å². The summed E-state index contributed by atoms with van der Waals surface area (Å²) in [5.74, 6) is -0.234. The van der Waals surface area contributed by atoms with Crippen LogP contribution in [0, 0.1) is 5.92 Å². The number of methoxy groups -OCH3 is 1. The smallest absolute Gasteiger partial charge is 0.340 e. The van der Waals surface area contributed by atoms with Crippen molar-refractivity contribution in [2.75, 3.05) is 7.11 Å². The van der Waals surface area contributed by atoms with Gasteiger partial charge in [-0.15, -0.1) is 0 Å². The van der Waals surface area contributed by atoms with Crippen LogP contribution in [0.15, 0.2) is 30.5 Å². The third kappa shape index (κ3) is 2.46. The van der Waals surface area contributed by atoms with Crippen LogP contribution in [0.3, 0.4) is 0 Å². The number of para-hydroxylation sites is 1. The summed E-state index contributed by atoms with van der Waals surface area (Å²) in [4.78, 5) is 24.6. The van der Waals surface area contributed by atoms with E-state index in [4.69, 9.17) is 4.74 Å². The lowest BCUT2D eigenvalue weighted by Crippen LogP contribution is -2.23. The Morgan fingerprint density at radius 2 is 1.86 bits per heavy atom. The maximum absolute atomic E-state index is 12.7. The second-order valence-corrected chi connectivity index (χ2v) is 5.59. The Kier molecular flexibility index (Phi) is 3.78. The van der Waals surface area contributed by atoms with Crippen LogP contribution in [0.5, 0.6) is 0 Å². The van der Waals surface area contributed by atoms with Crippen molar-refractivity contribution in [3.05, 3.63) is 36.0 Å². The van der Waals surface area contributed by atoms with Crippen LogP contribution < -0.4 is 0 Å². The van der Waals surface area contributed by atoms with E-state index in [9.17, 15) is 9.59 Å². The van der Waals surface area contributed by atoms with Crippen LogP contribution in [0.4, 0.5) is 0 Å². The third-order valence-corrected chi connectivity index (χ3v) is 4.31. The molecule has 1 heterocycles. The van der Waals surface area contributed by atoms with Crippen molar-refractivity contribution in [1.82, 2.24) is 4.57 Å². The van der Waals surface area contributed by atoms with Crippen molar-refractivity contribution in [3.63, 3.8) is 0 Å². The van der Waals surface area contributed by atoms with E-state index < -0.39 is 5.97 Å². The first-order valence-electron chi connectivity index (χ1n) is 7.45. The fourth-order valence-electron chi connectivity index (χ4n) is 3.18. The molecule has 1 aliphatic rings. The molecular formula is C17H19NO3. The molecule has 2 aromatic rings. The number of benzene rings is 1. The van der Waals surface area contributed by atoms with Crippen LogP contribution in [0.2, 0.25) is 0 Å². The normalized spacial score (nSPS) is 16.0. The molecule has 0 aliphatic heterocycles. The van der Waals surface area contributed by atoms with Gasteiger partial charge in [-0.05, 0) is 18.9 Å². The highest BCUT2D eigenvalue weighted by Crippen LogP contribution is 2.28. The SMILES string of the molecule is COC(=O)c1cn(C(=O)C2CCCCC2)c2ccccc12. The number of esters is 1. The first kappa shape index (κ1) is 13.9. The second kappa shape index (κ2) is 5.72. The van der Waals surface area contributed by atoms with E-state index in [2.05, 4.69) is 0 Å². The number of fused-ring (bicyclic) bond motifs is 1. The molecule has 1 fully saturated rings. The summed E-state index contributed by atoms with van der Waals surface area (Å²) in [6.45, 7) is 0. The van der Waals surface area contributed by atoms with Gasteiger partial charge in [-0.2, -0.15) is 0 Å². The number of ether oxygens (including phenoxy) is 1. The molecule has 0 amide bonds. The fourth-order valence-corrected chi connectivity index (χ4v) is 3.18. The maximum atomic E-state index is 12.7. The van der Waals surface area contributed by atoms with E-state index in [0.29, 0.717) is 5.56 Å². The minimum Gasteiger partial charge on any atom is -0.465 e. The molecule has 0 radical (unpaired) electrons. The van der Waals surface area contributed by atoms with Crippen LogP contribution in [-0.2, 0) is 4.74 Å². The van der Waals surface area contributed by atoms with E-state index in [1.165, 1.54) is 13.5 Å². The summed E-state index contributed by atoms with van der Waals surface area (Å²) in [6, 6.07) is 7.48. The Bertz CT molecular complexity index is 680. The standard InChI is InChI=1S/C17H19NO3/c1-21-17(20)14-11-18(15-10-6-5-9-13(14)15)16(19)12-7-3-2-4-8-12/h5-6,9-12H,2-4,7-8H2,1H3. The van der Waals surface area contributed by atoms with Crippen LogP contribution in [0.1, 0.15) is 47.3 Å². The van der Waals surface area contributed by atoms with E-state index in [-0.39, 0.29) is 11.8 Å². The Morgan fingerprint density at radius 3 is 2.57 bits per heavy atom. The molecular weight excluding hydrogens is 266 g/mol. The molecule has 0 unspecified atom stereocenters. The number of carbonyl (C=O) groups is 2. The Hall–Kier alpha value is -2.10. The zero-order valence-corrected chi connectivity index (χ0v) is 12.2. The topological polar surface area (TPSA) is 48.3 Å². The summed E-state index contributed by atoms with van der Waals surface area (Å²) in [7, 11) is 1.36. The number of aromatic nitrogens is 1. The van der Waals surface area contributed by atoms with Gasteiger partial charge < -0.3 is 4.74 Å². The molecule has 1 aromatic heterocycles. The molecule has 1 saturated carbocycles. The van der Waals surface area contributed by atoms with E-state index in [1.54, 1.807) is 10.8 Å². The largest absolute Gasteiger partial charge is 0.465 e. The average Bonchev–Trinajstić information content (AvgIpc) is 2.94. The maximum Gasteiger partial charge on any atom is 0.340 e. The number of nitrogens with zero attached hydrogens (tertiary/aromatic N) is 1. The molecule has 0 spiro atoms. The molecule has 0 N–H and O–H groups in total. The molecule has 3 rings (SSSR count). The lowest BCUT2D eigenvalue weighted by molar-refractivity contribution is 0.0603. The lowest BCUT2D eigenvalue weighted by Gasteiger charge is -2.20. The van der Waals surface area contributed by atoms with Crippen molar-refractivity contribution < 1.29 is 14.3 Å². The van der Waals surface area contributed by atoms with Crippen LogP contribution >= 0.6 is 0 Å². The highest BCUT2D eigenvalue weighted by molar-refractivity contribution is 6.07. The highest BCUT2D eigenvalue weighted by atomic mass is 16.5. The molecule has 0 atom stereocenters. The quantitative estimate of drug-likeness (QED) is 0.791. The molecule has 21 heavy (non-hydrogen) atoms. The first-order chi connectivity index (χ1) is 10.2. The summed E-state index contributed by atoms with van der Waals surface area (Å²) in [5, 5.41) is 0.772. The van der Waals surface area contributed by atoms with Crippen molar-refractivity contribution in [3.8, 4) is 0 Å². The minimum atomic E-state index is -0.401. The molecule has 0 saturated heterocycles. The molecule has 1 aromatic carbocycles. The highest BCUT2D eigenvalue weighted by Gasteiger charge is 2.25. The van der Waals surface area contributed by atoms with Gasteiger partial charge in [0.1, 0.15) is 0 Å². The second-order valence-electron chi connectivity index (χ2n) is 5.59. The van der Waals surface area contributed by atoms with Gasteiger partial charge in [-0.3, -0.25) is 9.36 Å². The summed E-state index contributed by atoms with van der Waals surface area (Å²) >= 11 is 0. The zero-order chi connectivity index (χ0) is 14.8. The van der Waals surface area contributed by atoms with Gasteiger partial charge in [-0.1, -0.05) is 37.5 Å². The zero-order valence-electron chi connectivity index (χ0n) is 12.2. The van der Waals surface area contributed by atoms with Gasteiger partial charge >= 0.3 is 5.97 Å². The van der Waals surface area contributed by atoms with Crippen LogP contribution in [-0.4, -0.2) is 23.6 Å². The molecule has 4 nitrogen and oxygen atoms in total. The number of carbonyl (C=O) groups excluding carboxylic acids is 2. The minimum absolute atomic E-state index is 0.0695. The van der Waals surface area contributed by atoms with Gasteiger partial charge in [0.2, 0.25) is 5.91 Å². The molecule has 0 bridgehead atoms. The van der Waals surface area contributed by atoms with Crippen LogP contribution in [0.25, 0.3) is 10.9 Å². The molecule has 1 aliphatic carbocycles. The number of rotatable bonds is 2. The van der Waals surface area contributed by atoms with Crippen molar-refractivity contribution >= 4 is 22.8 Å².